The number of hydrogen-bond donors (Lipinski definition) is 1. The first-order chi connectivity index (χ1) is 20.2. The van der Waals surface area contributed by atoms with Crippen LogP contribution in [0.5, 0.6) is 0 Å². The number of rotatable bonds is 8. The van der Waals surface area contributed by atoms with Gasteiger partial charge in [-0.15, -0.1) is 0 Å². The summed E-state index contributed by atoms with van der Waals surface area (Å²) in [5.41, 5.74) is -0.221. The maximum absolute atomic E-state index is 15.1. The first-order valence-electron chi connectivity index (χ1n) is 13.1. The van der Waals surface area contributed by atoms with Crippen LogP contribution in [0.4, 0.5) is 29.7 Å². The number of benzene rings is 1. The van der Waals surface area contributed by atoms with Gasteiger partial charge in [-0.2, -0.15) is 0 Å². The molecule has 2 aromatic heterocycles. The number of aromatic nitrogens is 3. The van der Waals surface area contributed by atoms with E-state index in [1.54, 1.807) is 29.8 Å². The molecule has 2 saturated heterocycles. The summed E-state index contributed by atoms with van der Waals surface area (Å²) >= 11 is 0. The lowest BCUT2D eigenvalue weighted by Gasteiger charge is -2.36. The van der Waals surface area contributed by atoms with Crippen LogP contribution >= 0.6 is 0 Å². The Morgan fingerprint density at radius 2 is 1.86 bits per heavy atom. The lowest BCUT2D eigenvalue weighted by molar-refractivity contribution is -0.130. The topological polar surface area (TPSA) is 148 Å². The average Bonchev–Trinajstić information content (AvgIpc) is 3.58. The largest absolute Gasteiger partial charge is 0.508 e. The molecule has 1 atom stereocenters. The highest BCUT2D eigenvalue weighted by Crippen LogP contribution is 2.31. The number of carbonyl (C=O) groups is 4. The second-order valence-electron chi connectivity index (χ2n) is 9.37. The molecule has 0 saturated carbocycles. The molecule has 42 heavy (non-hydrogen) atoms. The predicted molar refractivity (Wildman–Crippen MR) is 141 cm³/mol. The fourth-order valence-corrected chi connectivity index (χ4v) is 4.63. The molecule has 0 unspecified atom stereocenters. The fraction of sp³-hybridized carbons (Fsp3) is 0.385. The Bertz CT molecular complexity index is 1450. The van der Waals surface area contributed by atoms with E-state index in [9.17, 15) is 19.2 Å². The summed E-state index contributed by atoms with van der Waals surface area (Å²) in [5, 5.41) is 2.54. The van der Waals surface area contributed by atoms with Crippen LogP contribution in [0.3, 0.4) is 0 Å². The number of imidazole rings is 1. The van der Waals surface area contributed by atoms with Crippen LogP contribution in [0.2, 0.25) is 0 Å². The van der Waals surface area contributed by atoms with Crippen molar-refractivity contribution in [2.45, 2.75) is 13.0 Å². The minimum absolute atomic E-state index is 0.0525. The highest BCUT2D eigenvalue weighted by Gasteiger charge is 2.35. The number of ether oxygens (including phenoxy) is 3. The number of amides is 3. The summed E-state index contributed by atoms with van der Waals surface area (Å²) in [4.78, 5) is 60.9. The molecule has 3 amide bonds. The molecule has 5 rings (SSSR count). The molecule has 0 spiro atoms. The van der Waals surface area contributed by atoms with Crippen LogP contribution in [-0.4, -0.2) is 102 Å². The van der Waals surface area contributed by atoms with Gasteiger partial charge in [-0.25, -0.2) is 28.3 Å². The summed E-state index contributed by atoms with van der Waals surface area (Å²) < 4.78 is 46.5. The predicted octanol–water partition coefficient (Wildman–Crippen LogP) is 1.58. The van der Waals surface area contributed by atoms with Crippen molar-refractivity contribution >= 4 is 41.2 Å². The van der Waals surface area contributed by atoms with Gasteiger partial charge in [0, 0.05) is 56.9 Å². The summed E-state index contributed by atoms with van der Waals surface area (Å²) in [6.45, 7) is 1.74. The number of cyclic esters (lactones) is 1. The number of anilines is 2. The van der Waals surface area contributed by atoms with Gasteiger partial charge in [-0.05, 0) is 13.0 Å². The van der Waals surface area contributed by atoms with E-state index >= 15 is 8.78 Å². The van der Waals surface area contributed by atoms with Gasteiger partial charge in [0.05, 0.1) is 25.4 Å². The fourth-order valence-electron chi connectivity index (χ4n) is 4.63. The summed E-state index contributed by atoms with van der Waals surface area (Å²) in [7, 11) is 0. The molecule has 14 nitrogen and oxygen atoms in total. The number of fused-ring (bicyclic) bond motifs is 1. The van der Waals surface area contributed by atoms with E-state index in [2.05, 4.69) is 20.0 Å². The summed E-state index contributed by atoms with van der Waals surface area (Å²) in [6.07, 6.45) is 2.15. The van der Waals surface area contributed by atoms with Crippen molar-refractivity contribution in [3.63, 3.8) is 0 Å². The average molecular weight is 588 g/mol. The van der Waals surface area contributed by atoms with Crippen LogP contribution in [0.1, 0.15) is 17.4 Å². The first kappa shape index (κ1) is 28.5. The van der Waals surface area contributed by atoms with Crippen LogP contribution in [0.25, 0.3) is 5.78 Å². The van der Waals surface area contributed by atoms with E-state index in [0.717, 1.165) is 17.0 Å². The zero-order chi connectivity index (χ0) is 29.8. The van der Waals surface area contributed by atoms with Crippen molar-refractivity contribution < 1.29 is 42.2 Å². The molecule has 2 aliphatic heterocycles. The lowest BCUT2D eigenvalue weighted by Crippen LogP contribution is -2.51. The quantitative estimate of drug-likeness (QED) is 0.385. The van der Waals surface area contributed by atoms with Crippen LogP contribution in [0.15, 0.2) is 36.8 Å². The van der Waals surface area contributed by atoms with Gasteiger partial charge in [0.1, 0.15) is 18.0 Å². The van der Waals surface area contributed by atoms with Crippen molar-refractivity contribution in [3.8, 4) is 0 Å². The smallest absolute Gasteiger partial charge is 0.440 e. The molecule has 2 aliphatic rings. The second-order valence-corrected chi connectivity index (χ2v) is 9.37. The zero-order valence-electron chi connectivity index (χ0n) is 22.5. The first-order valence-corrected chi connectivity index (χ1v) is 13.1. The molecule has 0 bridgehead atoms. The zero-order valence-corrected chi connectivity index (χ0v) is 22.5. The number of halogens is 2. The molecule has 1 aromatic carbocycles. The normalized spacial score (nSPS) is 16.9. The highest BCUT2D eigenvalue weighted by molar-refractivity contribution is 5.95. The molecule has 4 heterocycles. The van der Waals surface area contributed by atoms with Gasteiger partial charge in [0.25, 0.3) is 5.91 Å². The molecule has 16 heteroatoms. The Labute approximate surface area is 237 Å². The number of piperazine rings is 1. The molecule has 222 valence electrons. The standard InChI is InChI=1S/C26H27F2N7O7/c1-2-40-26(39)41-15-17-13-35(25(38)42-17)16-10-18(27)22(19(28)11-16)33-8-6-32(7-9-33)21(36)12-30-23(37)20-14-34-5-3-4-29-24(34)31-20/h3-5,10-11,14,17H,2,6-9,12-13,15H2,1H3,(H,30,37)/t17-/m1/s1. The summed E-state index contributed by atoms with van der Waals surface area (Å²) in [5.74, 6) is -2.31. The third kappa shape index (κ3) is 6.16. The van der Waals surface area contributed by atoms with Crippen molar-refractivity contribution in [2.24, 2.45) is 0 Å². The van der Waals surface area contributed by atoms with Crippen molar-refractivity contribution in [1.82, 2.24) is 24.6 Å². The van der Waals surface area contributed by atoms with Gasteiger partial charge in [-0.3, -0.25) is 18.9 Å². The Balaban J connectivity index is 1.13. The minimum Gasteiger partial charge on any atom is -0.440 e. The highest BCUT2D eigenvalue weighted by atomic mass is 19.1. The molecule has 0 radical (unpaired) electrons. The maximum Gasteiger partial charge on any atom is 0.508 e. The van der Waals surface area contributed by atoms with E-state index in [-0.39, 0.29) is 75.5 Å². The number of nitrogens with one attached hydrogen (secondary N) is 1. The van der Waals surface area contributed by atoms with Gasteiger partial charge < -0.3 is 29.3 Å². The molecule has 1 N–H and O–H groups in total. The number of nitrogens with zero attached hydrogens (tertiary/aromatic N) is 6. The molecule has 2 fully saturated rings. The minimum atomic E-state index is -0.916. The Morgan fingerprint density at radius 1 is 1.12 bits per heavy atom. The number of carbonyl (C=O) groups excluding carboxylic acids is 4. The summed E-state index contributed by atoms with van der Waals surface area (Å²) in [6, 6.07) is 3.74. The maximum atomic E-state index is 15.1. The monoisotopic (exact) mass is 587 g/mol. The molecule has 3 aromatic rings. The van der Waals surface area contributed by atoms with E-state index in [1.165, 1.54) is 16.0 Å². The van der Waals surface area contributed by atoms with Crippen LogP contribution in [-0.2, 0) is 19.0 Å². The van der Waals surface area contributed by atoms with Crippen molar-refractivity contribution in [1.29, 1.82) is 0 Å². The third-order valence-corrected chi connectivity index (χ3v) is 6.65. The van der Waals surface area contributed by atoms with Gasteiger partial charge in [-0.1, -0.05) is 0 Å². The van der Waals surface area contributed by atoms with Crippen LogP contribution in [0, 0.1) is 11.6 Å². The SMILES string of the molecule is CCOC(=O)OC[C@H]1CN(c2cc(F)c(N3CCN(C(=O)CNC(=O)c4cn5cccnc5n4)CC3)c(F)c2)C(=O)O1. The third-order valence-electron chi connectivity index (χ3n) is 6.65. The van der Waals surface area contributed by atoms with Crippen LogP contribution < -0.4 is 15.1 Å². The molecule has 0 aliphatic carbocycles. The lowest BCUT2D eigenvalue weighted by atomic mass is 10.2. The number of hydrogen-bond acceptors (Lipinski definition) is 10. The van der Waals surface area contributed by atoms with Gasteiger partial charge >= 0.3 is 12.2 Å². The van der Waals surface area contributed by atoms with E-state index < -0.39 is 35.9 Å². The van der Waals surface area contributed by atoms with E-state index in [1.807, 2.05) is 0 Å². The van der Waals surface area contributed by atoms with Crippen molar-refractivity contribution in [3.05, 3.63) is 54.1 Å². The Kier molecular flexibility index (Phi) is 8.31. The molecular formula is C26H27F2N7O7. The second kappa shape index (κ2) is 12.2. The van der Waals surface area contributed by atoms with Gasteiger partial charge in [0.15, 0.2) is 17.7 Å². The van der Waals surface area contributed by atoms with E-state index in [4.69, 9.17) is 9.47 Å². The Hall–Kier alpha value is -5.02. The molecular weight excluding hydrogens is 560 g/mol. The van der Waals surface area contributed by atoms with Gasteiger partial charge in [0.2, 0.25) is 11.7 Å². The van der Waals surface area contributed by atoms with Crippen molar-refractivity contribution in [2.75, 3.05) is 62.3 Å². The van der Waals surface area contributed by atoms with E-state index in [0.29, 0.717) is 5.78 Å². The Morgan fingerprint density at radius 3 is 2.55 bits per heavy atom.